The molecule has 0 bridgehead atoms. The van der Waals surface area contributed by atoms with E-state index in [4.69, 9.17) is 10.5 Å². The topological polar surface area (TPSA) is 59.6 Å². The Morgan fingerprint density at radius 1 is 1.48 bits per heavy atom. The third kappa shape index (κ3) is 3.97. The van der Waals surface area contributed by atoms with Crippen LogP contribution in [0.4, 0.5) is 0 Å². The van der Waals surface area contributed by atoms with E-state index in [1.54, 1.807) is 0 Å². The second kappa shape index (κ2) is 7.09. The number of nitrogens with zero attached hydrogens (tertiary/aromatic N) is 1. The molecule has 6 heteroatoms. The first-order valence-corrected chi connectivity index (χ1v) is 8.28. The number of aliphatic imine (C=N–C) groups is 1. The van der Waals surface area contributed by atoms with E-state index in [9.17, 15) is 0 Å². The van der Waals surface area contributed by atoms with Crippen molar-refractivity contribution in [2.45, 2.75) is 30.1 Å². The summed E-state index contributed by atoms with van der Waals surface area (Å²) in [5.41, 5.74) is 7.21. The molecule has 4 nitrogen and oxygen atoms in total. The molecule has 0 saturated heterocycles. The van der Waals surface area contributed by atoms with Crippen molar-refractivity contribution in [2.24, 2.45) is 10.7 Å². The fourth-order valence-electron chi connectivity index (χ4n) is 2.51. The van der Waals surface area contributed by atoms with Crippen LogP contribution in [-0.4, -0.2) is 30.1 Å². The molecule has 1 unspecified atom stereocenters. The van der Waals surface area contributed by atoms with Crippen molar-refractivity contribution >= 4 is 41.7 Å². The first-order chi connectivity index (χ1) is 9.72. The Balaban J connectivity index is 0.00000161. The third-order valence-electron chi connectivity index (χ3n) is 4.06. The van der Waals surface area contributed by atoms with Gasteiger partial charge in [-0.1, -0.05) is 18.2 Å². The van der Waals surface area contributed by atoms with Crippen LogP contribution in [0.15, 0.2) is 29.3 Å². The van der Waals surface area contributed by atoms with Crippen molar-refractivity contribution < 1.29 is 4.74 Å². The molecule has 3 N–H and O–H groups in total. The Bertz CT molecular complexity index is 519. The summed E-state index contributed by atoms with van der Waals surface area (Å²) in [6.45, 7) is 1.54. The predicted molar refractivity (Wildman–Crippen MR) is 99.8 cm³/mol. The molecule has 1 aliphatic carbocycles. The van der Waals surface area contributed by atoms with Crippen LogP contribution in [0.5, 0.6) is 5.75 Å². The highest BCUT2D eigenvalue weighted by atomic mass is 127. The smallest absolute Gasteiger partial charge is 0.189 e. The lowest BCUT2D eigenvalue weighted by Gasteiger charge is -2.27. The summed E-state index contributed by atoms with van der Waals surface area (Å²) in [5.74, 6) is 1.50. The largest absolute Gasteiger partial charge is 0.493 e. The summed E-state index contributed by atoms with van der Waals surface area (Å²) in [6.07, 6.45) is 5.58. The molecule has 1 saturated carbocycles. The molecule has 3 rings (SSSR count). The molecule has 1 heterocycles. The number of nitrogens with one attached hydrogen (secondary N) is 1. The maximum Gasteiger partial charge on any atom is 0.189 e. The predicted octanol–water partition coefficient (Wildman–Crippen LogP) is 2.93. The summed E-state index contributed by atoms with van der Waals surface area (Å²) in [5, 5.41) is 3.34. The molecule has 116 valence electrons. The van der Waals surface area contributed by atoms with E-state index in [1.165, 1.54) is 18.4 Å². The number of fused-ring (bicyclic) bond motifs is 1. The van der Waals surface area contributed by atoms with Crippen molar-refractivity contribution in [3.05, 3.63) is 29.8 Å². The molecular weight excluding hydrogens is 397 g/mol. The molecule has 1 aliphatic heterocycles. The van der Waals surface area contributed by atoms with Crippen LogP contribution in [0.25, 0.3) is 0 Å². The van der Waals surface area contributed by atoms with Crippen LogP contribution in [0.3, 0.4) is 0 Å². The first-order valence-electron chi connectivity index (χ1n) is 7.06. The Hall–Kier alpha value is -0.630. The van der Waals surface area contributed by atoms with Gasteiger partial charge in [-0.05, 0) is 25.2 Å². The molecule has 0 spiro atoms. The number of ether oxygens (including phenoxy) is 1. The summed E-state index contributed by atoms with van der Waals surface area (Å²) >= 11 is 1.90. The summed E-state index contributed by atoms with van der Waals surface area (Å²) in [4.78, 5) is 4.52. The van der Waals surface area contributed by atoms with E-state index >= 15 is 0 Å². The Labute approximate surface area is 147 Å². The number of hydrogen-bond donors (Lipinski definition) is 2. The molecule has 2 aliphatic rings. The maximum absolute atomic E-state index is 6.04. The molecule has 0 amide bonds. The number of halogens is 1. The van der Waals surface area contributed by atoms with Gasteiger partial charge in [-0.15, -0.1) is 24.0 Å². The second-order valence-electron chi connectivity index (χ2n) is 5.46. The van der Waals surface area contributed by atoms with Crippen LogP contribution >= 0.6 is 35.7 Å². The quantitative estimate of drug-likeness (QED) is 0.448. The van der Waals surface area contributed by atoms with Gasteiger partial charge in [0.05, 0.1) is 19.2 Å². The molecule has 1 aromatic carbocycles. The highest BCUT2D eigenvalue weighted by Gasteiger charge is 2.41. The van der Waals surface area contributed by atoms with Gasteiger partial charge in [0, 0.05) is 16.7 Å². The van der Waals surface area contributed by atoms with E-state index in [-0.39, 0.29) is 30.0 Å². The highest BCUT2D eigenvalue weighted by Crippen LogP contribution is 2.47. The lowest BCUT2D eigenvalue weighted by molar-refractivity contribution is 0.262. The van der Waals surface area contributed by atoms with E-state index in [1.807, 2.05) is 30.0 Å². The molecular formula is C15H22IN3OS. The van der Waals surface area contributed by atoms with E-state index < -0.39 is 0 Å². The Kier molecular flexibility index (Phi) is 5.65. The molecule has 1 aromatic rings. The minimum atomic E-state index is 0. The Morgan fingerprint density at radius 2 is 2.24 bits per heavy atom. The summed E-state index contributed by atoms with van der Waals surface area (Å²) in [6, 6.07) is 8.32. The van der Waals surface area contributed by atoms with Crippen molar-refractivity contribution in [1.82, 2.24) is 5.32 Å². The number of nitrogens with two attached hydrogens (primary N) is 1. The standard InChI is InChI=1S/C15H21N3OS.HI/c1-20-15(7-8-15)10-17-14(16)18-12-6-9-19-13-5-3-2-4-11(12)13;/h2-5,12H,6-10H2,1H3,(H3,16,17,18);1H. The normalized spacial score (nSPS) is 22.5. The molecule has 0 aromatic heterocycles. The van der Waals surface area contributed by atoms with Crippen molar-refractivity contribution in [3.63, 3.8) is 0 Å². The fraction of sp³-hybridized carbons (Fsp3) is 0.533. The minimum absolute atomic E-state index is 0. The minimum Gasteiger partial charge on any atom is -0.493 e. The number of guanidine groups is 1. The Morgan fingerprint density at radius 3 is 2.95 bits per heavy atom. The van der Waals surface area contributed by atoms with Gasteiger partial charge in [-0.2, -0.15) is 11.8 Å². The zero-order valence-corrected chi connectivity index (χ0v) is 15.3. The number of benzene rings is 1. The van der Waals surface area contributed by atoms with Crippen LogP contribution in [0, 0.1) is 0 Å². The zero-order valence-electron chi connectivity index (χ0n) is 12.2. The lowest BCUT2D eigenvalue weighted by atomic mass is 10.0. The average Bonchev–Trinajstić information content (AvgIpc) is 3.26. The van der Waals surface area contributed by atoms with E-state index in [2.05, 4.69) is 22.6 Å². The van der Waals surface area contributed by atoms with Gasteiger partial charge < -0.3 is 15.8 Å². The maximum atomic E-state index is 6.04. The van der Waals surface area contributed by atoms with Gasteiger partial charge in [-0.25, -0.2) is 0 Å². The van der Waals surface area contributed by atoms with Gasteiger partial charge >= 0.3 is 0 Å². The van der Waals surface area contributed by atoms with Crippen LogP contribution in [-0.2, 0) is 0 Å². The average molecular weight is 419 g/mol. The lowest BCUT2D eigenvalue weighted by Crippen LogP contribution is -2.37. The van der Waals surface area contributed by atoms with Crippen molar-refractivity contribution in [2.75, 3.05) is 19.4 Å². The molecule has 1 fully saturated rings. The number of para-hydroxylation sites is 1. The highest BCUT2D eigenvalue weighted by molar-refractivity contribution is 14.0. The third-order valence-corrected chi connectivity index (χ3v) is 5.46. The van der Waals surface area contributed by atoms with Crippen LogP contribution < -0.4 is 15.8 Å². The monoisotopic (exact) mass is 419 g/mol. The van der Waals surface area contributed by atoms with Crippen molar-refractivity contribution in [1.29, 1.82) is 0 Å². The van der Waals surface area contributed by atoms with E-state index in [0.29, 0.717) is 10.7 Å². The van der Waals surface area contributed by atoms with Gasteiger partial charge in [0.15, 0.2) is 5.96 Å². The second-order valence-corrected chi connectivity index (χ2v) is 6.73. The number of rotatable bonds is 4. The molecule has 0 radical (unpaired) electrons. The number of hydrogen-bond acceptors (Lipinski definition) is 3. The SMILES string of the molecule is CSC1(CN=C(N)NC2CCOc3ccccc32)CC1.I. The van der Waals surface area contributed by atoms with Gasteiger partial charge in [0.25, 0.3) is 0 Å². The zero-order chi connectivity index (χ0) is 14.0. The van der Waals surface area contributed by atoms with Gasteiger partial charge in [0.2, 0.25) is 0 Å². The molecule has 1 atom stereocenters. The summed E-state index contributed by atoms with van der Waals surface area (Å²) < 4.78 is 6.01. The number of thioether (sulfide) groups is 1. The molecule has 21 heavy (non-hydrogen) atoms. The summed E-state index contributed by atoms with van der Waals surface area (Å²) in [7, 11) is 0. The van der Waals surface area contributed by atoms with E-state index in [0.717, 1.165) is 25.3 Å². The fourth-order valence-corrected chi connectivity index (χ4v) is 3.22. The first kappa shape index (κ1) is 16.7. The van der Waals surface area contributed by atoms with Gasteiger partial charge in [0.1, 0.15) is 5.75 Å². The van der Waals surface area contributed by atoms with Crippen LogP contribution in [0.2, 0.25) is 0 Å². The van der Waals surface area contributed by atoms with Crippen molar-refractivity contribution in [3.8, 4) is 5.75 Å². The van der Waals surface area contributed by atoms with Crippen LogP contribution in [0.1, 0.15) is 30.9 Å². The van der Waals surface area contributed by atoms with Gasteiger partial charge in [-0.3, -0.25) is 4.99 Å².